The van der Waals surface area contributed by atoms with Crippen LogP contribution in [-0.2, 0) is 4.79 Å². The Balaban J connectivity index is 3.46. The van der Waals surface area contributed by atoms with Gasteiger partial charge in [0.15, 0.2) is 0 Å². The van der Waals surface area contributed by atoms with E-state index >= 15 is 0 Å². The van der Waals surface area contributed by atoms with E-state index in [1.165, 1.54) is 32.0 Å². The van der Waals surface area contributed by atoms with Crippen molar-refractivity contribution in [1.29, 1.82) is 0 Å². The highest BCUT2D eigenvalue weighted by Crippen LogP contribution is 1.98. The molecule has 1 amide bonds. The molecule has 16 heavy (non-hydrogen) atoms. The van der Waals surface area contributed by atoms with Crippen LogP contribution in [0.1, 0.15) is 39.5 Å². The van der Waals surface area contributed by atoms with Gasteiger partial charge in [-0.3, -0.25) is 4.79 Å². The molecule has 0 atom stereocenters. The summed E-state index contributed by atoms with van der Waals surface area (Å²) in [6, 6.07) is 0. The molecule has 0 saturated carbocycles. The predicted molar refractivity (Wildman–Crippen MR) is 69.5 cm³/mol. The summed E-state index contributed by atoms with van der Waals surface area (Å²) in [5, 5.41) is 2.79. The smallest absolute Gasteiger partial charge is 0.243 e. The minimum Gasteiger partial charge on any atom is -0.353 e. The third-order valence-corrected chi connectivity index (χ3v) is 2.47. The highest BCUT2D eigenvalue weighted by molar-refractivity contribution is 5.86. The maximum Gasteiger partial charge on any atom is 0.243 e. The number of carbonyl (C=O) groups excluding carboxylic acids is 1. The van der Waals surface area contributed by atoms with Gasteiger partial charge in [-0.2, -0.15) is 0 Å². The highest BCUT2D eigenvalue weighted by Gasteiger charge is 2.01. The fourth-order valence-corrected chi connectivity index (χ4v) is 1.71. The van der Waals surface area contributed by atoms with Gasteiger partial charge < -0.3 is 10.2 Å². The molecule has 0 aromatic heterocycles. The van der Waals surface area contributed by atoms with Gasteiger partial charge >= 0.3 is 0 Å². The second-order valence-electron chi connectivity index (χ2n) is 4.04. The van der Waals surface area contributed by atoms with E-state index in [1.54, 1.807) is 0 Å². The molecule has 0 aromatic carbocycles. The fraction of sp³-hybridized carbons (Fsp3) is 0.769. The molecule has 0 radical (unpaired) electrons. The van der Waals surface area contributed by atoms with Crippen LogP contribution in [0, 0.1) is 0 Å². The molecule has 0 aliphatic rings. The lowest BCUT2D eigenvalue weighted by atomic mass is 10.2. The maximum atomic E-state index is 10.9. The molecule has 0 fully saturated rings. The van der Waals surface area contributed by atoms with Crippen LogP contribution in [0.2, 0.25) is 0 Å². The zero-order chi connectivity index (χ0) is 12.2. The van der Waals surface area contributed by atoms with Gasteiger partial charge in [-0.15, -0.1) is 0 Å². The zero-order valence-corrected chi connectivity index (χ0v) is 10.8. The van der Waals surface area contributed by atoms with E-state index in [9.17, 15) is 4.79 Å². The summed E-state index contributed by atoms with van der Waals surface area (Å²) in [5.41, 5.74) is 0. The Labute approximate surface area is 99.9 Å². The Hall–Kier alpha value is -0.830. The number of unbranched alkanes of at least 4 members (excludes halogenated alkanes) is 1. The van der Waals surface area contributed by atoms with Gasteiger partial charge in [-0.25, -0.2) is 0 Å². The van der Waals surface area contributed by atoms with Crippen molar-refractivity contribution in [2.75, 3.05) is 26.2 Å². The van der Waals surface area contributed by atoms with Crippen LogP contribution < -0.4 is 5.32 Å². The molecular weight excluding hydrogens is 200 g/mol. The van der Waals surface area contributed by atoms with E-state index in [-0.39, 0.29) is 5.91 Å². The monoisotopic (exact) mass is 226 g/mol. The summed E-state index contributed by atoms with van der Waals surface area (Å²) in [5.74, 6) is -0.0704. The van der Waals surface area contributed by atoms with Crippen LogP contribution in [0.15, 0.2) is 12.7 Å². The van der Waals surface area contributed by atoms with Crippen molar-refractivity contribution < 1.29 is 4.79 Å². The Morgan fingerprint density at radius 2 is 1.81 bits per heavy atom. The number of nitrogens with zero attached hydrogens (tertiary/aromatic N) is 1. The first-order chi connectivity index (χ1) is 7.74. The van der Waals surface area contributed by atoms with Crippen molar-refractivity contribution in [3.05, 3.63) is 12.7 Å². The number of nitrogens with one attached hydrogen (secondary N) is 1. The van der Waals surface area contributed by atoms with E-state index in [4.69, 9.17) is 0 Å². The summed E-state index contributed by atoms with van der Waals surface area (Å²) in [7, 11) is 0. The van der Waals surface area contributed by atoms with Gasteiger partial charge in [0.25, 0.3) is 0 Å². The summed E-state index contributed by atoms with van der Waals surface area (Å²) in [4.78, 5) is 13.4. The Morgan fingerprint density at radius 3 is 2.31 bits per heavy atom. The van der Waals surface area contributed by atoms with E-state index in [0.717, 1.165) is 25.9 Å². The lowest BCUT2D eigenvalue weighted by molar-refractivity contribution is -0.116. The maximum absolute atomic E-state index is 10.9. The van der Waals surface area contributed by atoms with Gasteiger partial charge in [0.1, 0.15) is 0 Å². The van der Waals surface area contributed by atoms with Gasteiger partial charge in [-0.05, 0) is 51.4 Å². The first-order valence-corrected chi connectivity index (χ1v) is 6.37. The van der Waals surface area contributed by atoms with Crippen LogP contribution in [0.5, 0.6) is 0 Å². The largest absolute Gasteiger partial charge is 0.353 e. The number of carbonyl (C=O) groups is 1. The first kappa shape index (κ1) is 15.2. The number of rotatable bonds is 10. The summed E-state index contributed by atoms with van der Waals surface area (Å²) >= 11 is 0. The number of amides is 1. The molecule has 0 aromatic rings. The molecule has 94 valence electrons. The molecular formula is C13H26N2O. The third kappa shape index (κ3) is 8.48. The topological polar surface area (TPSA) is 32.3 Å². The summed E-state index contributed by atoms with van der Waals surface area (Å²) < 4.78 is 0. The molecule has 0 bridgehead atoms. The van der Waals surface area contributed by atoms with Crippen molar-refractivity contribution in [3.63, 3.8) is 0 Å². The molecule has 0 rings (SSSR count). The molecule has 0 saturated heterocycles. The van der Waals surface area contributed by atoms with E-state index in [1.807, 2.05) is 0 Å². The second kappa shape index (κ2) is 10.7. The third-order valence-electron chi connectivity index (χ3n) is 2.47. The van der Waals surface area contributed by atoms with Gasteiger partial charge in [0.2, 0.25) is 5.91 Å². The Bertz CT molecular complexity index is 186. The van der Waals surface area contributed by atoms with Gasteiger partial charge in [-0.1, -0.05) is 20.4 Å². The SMILES string of the molecule is C=CC(=O)NCCCCN(CCC)CCC. The second-order valence-corrected chi connectivity index (χ2v) is 4.04. The molecule has 3 nitrogen and oxygen atoms in total. The standard InChI is InChI=1S/C13H26N2O/c1-4-10-15(11-5-2)12-8-7-9-14-13(16)6-3/h6H,3-5,7-12H2,1-2H3,(H,14,16). The number of hydrogen-bond donors (Lipinski definition) is 1. The molecule has 0 heterocycles. The Kier molecular flexibility index (Phi) is 10.1. The minimum absolute atomic E-state index is 0.0704. The molecule has 1 N–H and O–H groups in total. The van der Waals surface area contributed by atoms with E-state index in [0.29, 0.717) is 0 Å². The molecule has 0 aliphatic heterocycles. The minimum atomic E-state index is -0.0704. The van der Waals surface area contributed by atoms with Crippen molar-refractivity contribution in [2.45, 2.75) is 39.5 Å². The van der Waals surface area contributed by atoms with Crippen molar-refractivity contribution in [1.82, 2.24) is 10.2 Å². The fourth-order valence-electron chi connectivity index (χ4n) is 1.71. The van der Waals surface area contributed by atoms with E-state index in [2.05, 4.69) is 30.6 Å². The lowest BCUT2D eigenvalue weighted by Gasteiger charge is -2.20. The molecule has 0 spiro atoms. The van der Waals surface area contributed by atoms with Crippen LogP contribution in [-0.4, -0.2) is 37.0 Å². The normalized spacial score (nSPS) is 10.4. The lowest BCUT2D eigenvalue weighted by Crippen LogP contribution is -2.28. The van der Waals surface area contributed by atoms with Crippen molar-refractivity contribution in [2.24, 2.45) is 0 Å². The summed E-state index contributed by atoms with van der Waals surface area (Å²) in [6.07, 6.45) is 5.95. The van der Waals surface area contributed by atoms with E-state index < -0.39 is 0 Å². The van der Waals surface area contributed by atoms with Crippen molar-refractivity contribution >= 4 is 5.91 Å². The van der Waals surface area contributed by atoms with Gasteiger partial charge in [0, 0.05) is 6.54 Å². The average Bonchev–Trinajstić information content (AvgIpc) is 2.28. The van der Waals surface area contributed by atoms with Gasteiger partial charge in [0.05, 0.1) is 0 Å². The van der Waals surface area contributed by atoms with Crippen molar-refractivity contribution in [3.8, 4) is 0 Å². The molecule has 0 aliphatic carbocycles. The first-order valence-electron chi connectivity index (χ1n) is 6.37. The average molecular weight is 226 g/mol. The number of hydrogen-bond acceptors (Lipinski definition) is 2. The van der Waals surface area contributed by atoms with Crippen LogP contribution in [0.4, 0.5) is 0 Å². The predicted octanol–water partition coefficient (Wildman–Crippen LogP) is 2.19. The zero-order valence-electron chi connectivity index (χ0n) is 10.8. The van der Waals surface area contributed by atoms with Crippen LogP contribution in [0.25, 0.3) is 0 Å². The quantitative estimate of drug-likeness (QED) is 0.457. The van der Waals surface area contributed by atoms with Crippen LogP contribution >= 0.6 is 0 Å². The Morgan fingerprint density at radius 1 is 1.19 bits per heavy atom. The molecule has 0 unspecified atom stereocenters. The summed E-state index contributed by atoms with van der Waals surface area (Å²) in [6.45, 7) is 12.1. The highest BCUT2D eigenvalue weighted by atomic mass is 16.1. The molecule has 3 heteroatoms. The van der Waals surface area contributed by atoms with Crippen LogP contribution in [0.3, 0.4) is 0 Å².